The summed E-state index contributed by atoms with van der Waals surface area (Å²) in [5.74, 6) is 0.708. The minimum atomic E-state index is 0.283. The monoisotopic (exact) mass is 198 g/mol. The first-order valence-electron chi connectivity index (χ1n) is 5.65. The van der Waals surface area contributed by atoms with Gasteiger partial charge in [-0.15, -0.1) is 0 Å². The lowest BCUT2D eigenvalue weighted by atomic mass is 9.76. The average molecular weight is 198 g/mol. The lowest BCUT2D eigenvalue weighted by Crippen LogP contribution is -2.18. The largest absolute Gasteiger partial charge is 0.252 e. The van der Waals surface area contributed by atoms with E-state index in [2.05, 4.69) is 45.0 Å². The third-order valence-electron chi connectivity index (χ3n) is 4.09. The molecule has 1 aromatic rings. The number of nitrogens with zero attached hydrogens (tertiary/aromatic N) is 1. The van der Waals surface area contributed by atoms with Crippen LogP contribution in [0.2, 0.25) is 0 Å². The molecule has 1 heteroatoms. The van der Waals surface area contributed by atoms with E-state index in [4.69, 9.17) is 5.32 Å². The maximum atomic E-state index is 4.74. The first-order valence-corrected chi connectivity index (χ1v) is 5.65. The second-order valence-corrected chi connectivity index (χ2v) is 5.28. The van der Waals surface area contributed by atoms with Crippen molar-refractivity contribution in [3.8, 4) is 0 Å². The number of benzene rings is 1. The first kappa shape index (κ1) is 9.02. The molecule has 1 aromatic carbocycles. The normalized spacial score (nSPS) is 26.2. The van der Waals surface area contributed by atoms with Crippen molar-refractivity contribution in [3.05, 3.63) is 35.5 Å². The van der Waals surface area contributed by atoms with Crippen molar-refractivity contribution in [2.24, 2.45) is 11.3 Å². The van der Waals surface area contributed by atoms with Crippen LogP contribution in [0.3, 0.4) is 0 Å². The maximum Gasteiger partial charge on any atom is 0.0709 e. The highest BCUT2D eigenvalue weighted by molar-refractivity contribution is 5.86. The number of para-hydroxylation sites is 1. The van der Waals surface area contributed by atoms with Gasteiger partial charge in [-0.2, -0.15) is 0 Å². The third kappa shape index (κ3) is 1.04. The molecule has 0 amide bonds. The Morgan fingerprint density at radius 3 is 2.80 bits per heavy atom. The molecule has 1 radical (unpaired) electrons. The second kappa shape index (κ2) is 2.66. The fraction of sp³-hybridized carbons (Fsp3) is 0.429. The molecular formula is C14H16N. The molecule has 0 spiro atoms. The molecule has 15 heavy (non-hydrogen) atoms. The van der Waals surface area contributed by atoms with E-state index in [-0.39, 0.29) is 5.41 Å². The van der Waals surface area contributed by atoms with Crippen LogP contribution < -0.4 is 5.32 Å². The molecule has 0 aromatic heterocycles. The van der Waals surface area contributed by atoms with Gasteiger partial charge in [0, 0.05) is 11.3 Å². The lowest BCUT2D eigenvalue weighted by molar-refractivity contribution is 0.344. The molecule has 1 aliphatic heterocycles. The van der Waals surface area contributed by atoms with Crippen LogP contribution in [0.1, 0.15) is 32.8 Å². The Labute approximate surface area is 91.2 Å². The molecule has 0 N–H and O–H groups in total. The molecule has 0 bridgehead atoms. The van der Waals surface area contributed by atoms with Crippen molar-refractivity contribution >= 4 is 11.3 Å². The van der Waals surface area contributed by atoms with Gasteiger partial charge >= 0.3 is 0 Å². The molecule has 3 rings (SSSR count). The Balaban J connectivity index is 2.17. The molecule has 1 unspecified atom stereocenters. The zero-order valence-corrected chi connectivity index (χ0v) is 9.54. The van der Waals surface area contributed by atoms with Crippen LogP contribution in [-0.2, 0) is 0 Å². The highest BCUT2D eigenvalue weighted by Gasteiger charge is 2.43. The Hall–Kier alpha value is -1.24. The van der Waals surface area contributed by atoms with Crippen LogP contribution >= 0.6 is 0 Å². The van der Waals surface area contributed by atoms with Gasteiger partial charge in [0.1, 0.15) is 0 Å². The predicted molar refractivity (Wildman–Crippen MR) is 62.7 cm³/mol. The first-order chi connectivity index (χ1) is 7.10. The highest BCUT2D eigenvalue weighted by atomic mass is 14.9. The van der Waals surface area contributed by atoms with Gasteiger partial charge < -0.3 is 0 Å². The van der Waals surface area contributed by atoms with Crippen LogP contribution in [0, 0.1) is 11.3 Å². The van der Waals surface area contributed by atoms with Crippen LogP contribution in [0.5, 0.6) is 0 Å². The van der Waals surface area contributed by atoms with Gasteiger partial charge in [-0.3, -0.25) is 5.32 Å². The van der Waals surface area contributed by atoms with Crippen molar-refractivity contribution in [2.45, 2.75) is 27.2 Å². The van der Waals surface area contributed by atoms with E-state index in [1.54, 1.807) is 0 Å². The van der Waals surface area contributed by atoms with E-state index in [0.717, 1.165) is 6.42 Å². The molecule has 1 atom stereocenters. The molecule has 77 valence electrons. The van der Waals surface area contributed by atoms with Gasteiger partial charge in [0.25, 0.3) is 0 Å². The van der Waals surface area contributed by atoms with E-state index in [1.807, 2.05) is 0 Å². The smallest absolute Gasteiger partial charge is 0.0709 e. The molecule has 1 aliphatic carbocycles. The van der Waals surface area contributed by atoms with Crippen LogP contribution in [0.15, 0.2) is 30.0 Å². The summed E-state index contributed by atoms with van der Waals surface area (Å²) in [5, 5.41) is 4.74. The van der Waals surface area contributed by atoms with E-state index in [0.29, 0.717) is 5.92 Å². The van der Waals surface area contributed by atoms with Crippen LogP contribution in [0.4, 0.5) is 5.69 Å². The quantitative estimate of drug-likeness (QED) is 0.603. The fourth-order valence-corrected chi connectivity index (χ4v) is 2.80. The molecule has 0 fully saturated rings. The molecule has 1 nitrogen and oxygen atoms in total. The molecule has 0 saturated carbocycles. The summed E-state index contributed by atoms with van der Waals surface area (Å²) in [6, 6.07) is 8.51. The lowest BCUT2D eigenvalue weighted by Gasteiger charge is -2.28. The van der Waals surface area contributed by atoms with Gasteiger partial charge in [0.05, 0.1) is 5.69 Å². The minimum Gasteiger partial charge on any atom is -0.252 e. The van der Waals surface area contributed by atoms with E-state index in [1.165, 1.54) is 22.5 Å². The van der Waals surface area contributed by atoms with Crippen LogP contribution in [-0.4, -0.2) is 0 Å². The summed E-state index contributed by atoms with van der Waals surface area (Å²) in [6.07, 6.45) is 1.14. The highest BCUT2D eigenvalue weighted by Crippen LogP contribution is 2.56. The SMILES string of the molecule is CC1CC2=C(c3ccccc3[N]2)C1(C)C. The van der Waals surface area contributed by atoms with Gasteiger partial charge in [-0.05, 0) is 29.4 Å². The van der Waals surface area contributed by atoms with Crippen LogP contribution in [0.25, 0.3) is 5.57 Å². The zero-order valence-electron chi connectivity index (χ0n) is 9.54. The topological polar surface area (TPSA) is 14.1 Å². The summed E-state index contributed by atoms with van der Waals surface area (Å²) >= 11 is 0. The number of hydrogen-bond donors (Lipinski definition) is 0. The van der Waals surface area contributed by atoms with Crippen molar-refractivity contribution in [2.75, 3.05) is 0 Å². The maximum absolute atomic E-state index is 4.74. The Kier molecular flexibility index (Phi) is 1.60. The van der Waals surface area contributed by atoms with E-state index < -0.39 is 0 Å². The van der Waals surface area contributed by atoms with Gasteiger partial charge in [0.2, 0.25) is 0 Å². The number of allylic oxidation sites excluding steroid dienone is 2. The molecular weight excluding hydrogens is 182 g/mol. The summed E-state index contributed by atoms with van der Waals surface area (Å²) in [6.45, 7) is 7.02. The van der Waals surface area contributed by atoms with Crippen molar-refractivity contribution < 1.29 is 0 Å². The molecule has 2 aliphatic rings. The van der Waals surface area contributed by atoms with Gasteiger partial charge in [0.15, 0.2) is 0 Å². The minimum absolute atomic E-state index is 0.283. The second-order valence-electron chi connectivity index (χ2n) is 5.28. The third-order valence-corrected chi connectivity index (χ3v) is 4.09. The standard InChI is InChI=1S/C14H16N/c1-9-8-12-13(14(9,2)3)10-6-4-5-7-11(10)15-12/h4-7,9H,8H2,1-3H3. The average Bonchev–Trinajstić information content (AvgIpc) is 2.64. The number of hydrogen-bond acceptors (Lipinski definition) is 0. The predicted octanol–water partition coefficient (Wildman–Crippen LogP) is 3.71. The number of rotatable bonds is 0. The van der Waals surface area contributed by atoms with Gasteiger partial charge in [-0.1, -0.05) is 39.0 Å². The summed E-state index contributed by atoms with van der Waals surface area (Å²) in [7, 11) is 0. The van der Waals surface area contributed by atoms with Gasteiger partial charge in [-0.25, -0.2) is 0 Å². The van der Waals surface area contributed by atoms with Crippen molar-refractivity contribution in [1.82, 2.24) is 5.32 Å². The van der Waals surface area contributed by atoms with E-state index >= 15 is 0 Å². The summed E-state index contributed by atoms with van der Waals surface area (Å²) in [5.41, 5.74) is 5.63. The zero-order chi connectivity index (χ0) is 10.6. The Bertz CT molecular complexity index is 454. The Morgan fingerprint density at radius 2 is 2.00 bits per heavy atom. The number of fused-ring (bicyclic) bond motifs is 2. The molecule has 0 saturated heterocycles. The fourth-order valence-electron chi connectivity index (χ4n) is 2.80. The molecule has 1 heterocycles. The van der Waals surface area contributed by atoms with Crippen molar-refractivity contribution in [1.29, 1.82) is 0 Å². The van der Waals surface area contributed by atoms with Crippen molar-refractivity contribution in [3.63, 3.8) is 0 Å². The summed E-state index contributed by atoms with van der Waals surface area (Å²) in [4.78, 5) is 0. The Morgan fingerprint density at radius 1 is 1.27 bits per heavy atom. The van der Waals surface area contributed by atoms with E-state index in [9.17, 15) is 0 Å². The summed E-state index contributed by atoms with van der Waals surface area (Å²) < 4.78 is 0.